The van der Waals surface area contributed by atoms with E-state index in [1.165, 1.54) is 12.4 Å². The molecule has 11 heteroatoms. The number of hydrogen-bond donors (Lipinski definition) is 4. The van der Waals surface area contributed by atoms with Crippen molar-refractivity contribution >= 4 is 46.4 Å². The Kier molecular flexibility index (Phi) is 7.72. The number of aromatic nitrogens is 3. The summed E-state index contributed by atoms with van der Waals surface area (Å²) in [4.78, 5) is 49.1. The summed E-state index contributed by atoms with van der Waals surface area (Å²) in [5.41, 5.74) is 3.41. The summed E-state index contributed by atoms with van der Waals surface area (Å²) in [6.45, 7) is 0. The van der Waals surface area contributed by atoms with Crippen molar-refractivity contribution < 1.29 is 23.9 Å². The molecule has 40 heavy (non-hydrogen) atoms. The van der Waals surface area contributed by atoms with Crippen molar-refractivity contribution in [2.24, 2.45) is 0 Å². The molecule has 200 valence electrons. The van der Waals surface area contributed by atoms with Gasteiger partial charge in [0, 0.05) is 29.8 Å². The number of carboxylic acids is 1. The minimum absolute atomic E-state index is 0.102. The van der Waals surface area contributed by atoms with Gasteiger partial charge in [-0.1, -0.05) is 24.3 Å². The van der Waals surface area contributed by atoms with E-state index < -0.39 is 17.9 Å². The van der Waals surface area contributed by atoms with Crippen LogP contribution in [0.2, 0.25) is 0 Å². The Morgan fingerprint density at radius 2 is 1.73 bits per heavy atom. The Bertz CT molecular complexity index is 1640. The molecule has 0 fully saturated rings. The van der Waals surface area contributed by atoms with E-state index in [1.807, 2.05) is 12.1 Å². The summed E-state index contributed by atoms with van der Waals surface area (Å²) in [5, 5.41) is 17.9. The number of rotatable bonds is 10. The van der Waals surface area contributed by atoms with Gasteiger partial charge in [-0.05, 0) is 59.7 Å². The highest BCUT2D eigenvalue weighted by Crippen LogP contribution is 2.23. The normalized spacial score (nSPS) is 11.5. The fourth-order valence-electron chi connectivity index (χ4n) is 4.04. The molecular weight excluding hydrogens is 512 g/mol. The van der Waals surface area contributed by atoms with Crippen molar-refractivity contribution in [3.05, 3.63) is 108 Å². The molecule has 0 radical (unpaired) electrons. The maximum absolute atomic E-state index is 12.7. The average molecular weight is 537 g/mol. The molecule has 0 spiro atoms. The summed E-state index contributed by atoms with van der Waals surface area (Å²) in [6.07, 6.45) is 4.43. The molecule has 1 atom stereocenters. The third kappa shape index (κ3) is 6.64. The third-order valence-electron chi connectivity index (χ3n) is 5.94. The maximum Gasteiger partial charge on any atom is 0.305 e. The van der Waals surface area contributed by atoms with Gasteiger partial charge in [0.15, 0.2) is 5.58 Å². The number of nitrogens with zero attached hydrogens (tertiary/aromatic N) is 3. The van der Waals surface area contributed by atoms with Gasteiger partial charge < -0.3 is 20.2 Å². The summed E-state index contributed by atoms with van der Waals surface area (Å²) >= 11 is 0. The van der Waals surface area contributed by atoms with E-state index >= 15 is 0 Å². The predicted molar refractivity (Wildman–Crippen MR) is 147 cm³/mol. The predicted octanol–water partition coefficient (Wildman–Crippen LogP) is 4.49. The second-order valence-corrected chi connectivity index (χ2v) is 8.87. The molecule has 0 unspecified atom stereocenters. The van der Waals surface area contributed by atoms with Gasteiger partial charge in [0.25, 0.3) is 5.91 Å². The zero-order valence-electron chi connectivity index (χ0n) is 21.1. The van der Waals surface area contributed by atoms with Crippen LogP contribution in [0.5, 0.6) is 0 Å². The average Bonchev–Trinajstić information content (AvgIpc) is 3.35. The highest BCUT2D eigenvalue weighted by Gasteiger charge is 2.19. The first-order chi connectivity index (χ1) is 19.4. The molecule has 3 heterocycles. The SMILES string of the molecule is O=C(O)C[C@H](NC(=O)c1ccncc1)c1ccc(NC(=O)Cc2ccc3nc(Nc4ccccn4)oc3c2)cc1. The van der Waals surface area contributed by atoms with Crippen LogP contribution in [0.15, 0.2) is 95.8 Å². The second kappa shape index (κ2) is 11.9. The van der Waals surface area contributed by atoms with Crippen molar-refractivity contribution in [3.8, 4) is 0 Å². The van der Waals surface area contributed by atoms with Gasteiger partial charge in [-0.3, -0.25) is 24.7 Å². The number of carbonyl (C=O) groups is 3. The van der Waals surface area contributed by atoms with Crippen LogP contribution in [0, 0.1) is 0 Å². The largest absolute Gasteiger partial charge is 0.481 e. The van der Waals surface area contributed by atoms with Crippen LogP contribution < -0.4 is 16.0 Å². The smallest absolute Gasteiger partial charge is 0.305 e. The molecule has 11 nitrogen and oxygen atoms in total. The Hall–Kier alpha value is -5.58. The lowest BCUT2D eigenvalue weighted by Crippen LogP contribution is -2.30. The number of benzene rings is 2. The van der Waals surface area contributed by atoms with Gasteiger partial charge in [0.05, 0.1) is 18.9 Å². The number of pyridine rings is 2. The Labute approximate surface area is 228 Å². The molecule has 4 N–H and O–H groups in total. The first kappa shape index (κ1) is 26.0. The number of nitrogens with one attached hydrogen (secondary N) is 3. The summed E-state index contributed by atoms with van der Waals surface area (Å²) in [7, 11) is 0. The van der Waals surface area contributed by atoms with Crippen molar-refractivity contribution in [2.75, 3.05) is 10.6 Å². The lowest BCUT2D eigenvalue weighted by atomic mass is 10.0. The van der Waals surface area contributed by atoms with Crippen LogP contribution >= 0.6 is 0 Å². The number of carbonyl (C=O) groups excluding carboxylic acids is 2. The van der Waals surface area contributed by atoms with Gasteiger partial charge in [0.2, 0.25) is 5.91 Å². The van der Waals surface area contributed by atoms with E-state index in [4.69, 9.17) is 4.42 Å². The fraction of sp³-hybridized carbons (Fsp3) is 0.103. The van der Waals surface area contributed by atoms with E-state index in [0.717, 1.165) is 5.56 Å². The van der Waals surface area contributed by atoms with E-state index in [9.17, 15) is 19.5 Å². The number of hydrogen-bond acceptors (Lipinski definition) is 8. The molecule has 0 saturated carbocycles. The van der Waals surface area contributed by atoms with Crippen LogP contribution in [-0.2, 0) is 16.0 Å². The molecule has 0 aliphatic rings. The third-order valence-corrected chi connectivity index (χ3v) is 5.94. The van der Waals surface area contributed by atoms with Gasteiger partial charge in [0.1, 0.15) is 11.3 Å². The highest BCUT2D eigenvalue weighted by atomic mass is 16.4. The summed E-state index contributed by atoms with van der Waals surface area (Å²) in [5.74, 6) is -1.10. The van der Waals surface area contributed by atoms with Crippen molar-refractivity contribution in [2.45, 2.75) is 18.9 Å². The maximum atomic E-state index is 12.7. The monoisotopic (exact) mass is 536 g/mol. The van der Waals surface area contributed by atoms with Crippen LogP contribution in [0.1, 0.15) is 33.9 Å². The Morgan fingerprint density at radius 3 is 2.45 bits per heavy atom. The minimum atomic E-state index is -1.05. The minimum Gasteiger partial charge on any atom is -0.481 e. The molecule has 0 aliphatic carbocycles. The number of aliphatic carboxylic acids is 1. The quantitative estimate of drug-likeness (QED) is 0.202. The molecule has 2 aromatic carbocycles. The van der Waals surface area contributed by atoms with Gasteiger partial charge in [-0.2, -0.15) is 4.98 Å². The number of fused-ring (bicyclic) bond motifs is 1. The number of amides is 2. The molecule has 0 bridgehead atoms. The molecular formula is C29H24N6O5. The Balaban J connectivity index is 1.21. The van der Waals surface area contributed by atoms with Gasteiger partial charge >= 0.3 is 12.0 Å². The van der Waals surface area contributed by atoms with E-state index in [1.54, 1.807) is 66.9 Å². The highest BCUT2D eigenvalue weighted by molar-refractivity contribution is 5.95. The first-order valence-corrected chi connectivity index (χ1v) is 12.3. The van der Waals surface area contributed by atoms with Crippen LogP contribution in [-0.4, -0.2) is 37.8 Å². The first-order valence-electron chi connectivity index (χ1n) is 12.3. The fourth-order valence-corrected chi connectivity index (χ4v) is 4.04. The van der Waals surface area contributed by atoms with Crippen LogP contribution in [0.25, 0.3) is 11.1 Å². The second-order valence-electron chi connectivity index (χ2n) is 8.87. The van der Waals surface area contributed by atoms with Crippen LogP contribution in [0.3, 0.4) is 0 Å². The zero-order valence-corrected chi connectivity index (χ0v) is 21.1. The van der Waals surface area contributed by atoms with E-state index in [2.05, 4.69) is 30.9 Å². The molecule has 3 aromatic heterocycles. The molecule has 0 aliphatic heterocycles. The summed E-state index contributed by atoms with van der Waals surface area (Å²) in [6, 6.07) is 20.1. The number of carboxylic acid groups (broad SMARTS) is 1. The zero-order chi connectivity index (χ0) is 27.9. The lowest BCUT2D eigenvalue weighted by molar-refractivity contribution is -0.137. The van der Waals surface area contributed by atoms with Crippen LogP contribution in [0.4, 0.5) is 17.5 Å². The molecule has 5 rings (SSSR count). The molecule has 5 aromatic rings. The van der Waals surface area contributed by atoms with Crippen molar-refractivity contribution in [1.29, 1.82) is 0 Å². The van der Waals surface area contributed by atoms with E-state index in [-0.39, 0.29) is 18.7 Å². The van der Waals surface area contributed by atoms with E-state index in [0.29, 0.717) is 39.7 Å². The molecule has 0 saturated heterocycles. The topological polar surface area (TPSA) is 159 Å². The number of oxazole rings is 1. The lowest BCUT2D eigenvalue weighted by Gasteiger charge is -2.18. The summed E-state index contributed by atoms with van der Waals surface area (Å²) < 4.78 is 5.76. The Morgan fingerprint density at radius 1 is 0.925 bits per heavy atom. The molecule has 2 amide bonds. The van der Waals surface area contributed by atoms with Gasteiger partial charge in [-0.15, -0.1) is 0 Å². The van der Waals surface area contributed by atoms with Crippen molar-refractivity contribution in [3.63, 3.8) is 0 Å². The standard InChI is InChI=1S/C29H24N6O5/c36-26(16-18-4-9-22-24(15-18)40-29(34-22)35-25-3-1-2-12-31-25)32-21-7-5-19(6-8-21)23(17-27(37)38)33-28(39)20-10-13-30-14-11-20/h1-15,23H,16-17H2,(H,32,36)(H,33,39)(H,37,38)(H,31,34,35)/t23-/m0/s1. The van der Waals surface area contributed by atoms with Gasteiger partial charge in [-0.25, -0.2) is 4.98 Å². The number of anilines is 3. The van der Waals surface area contributed by atoms with Crippen molar-refractivity contribution in [1.82, 2.24) is 20.3 Å².